The van der Waals surface area contributed by atoms with Crippen LogP contribution in [0.2, 0.25) is 0 Å². The van der Waals surface area contributed by atoms with Gasteiger partial charge in [0.2, 0.25) is 5.91 Å². The quantitative estimate of drug-likeness (QED) is 0.293. The van der Waals surface area contributed by atoms with Gasteiger partial charge in [-0.3, -0.25) is 4.79 Å². The van der Waals surface area contributed by atoms with Gasteiger partial charge < -0.3 is 4.90 Å². The lowest BCUT2D eigenvalue weighted by Crippen LogP contribution is -2.37. The Labute approximate surface area is 245 Å². The van der Waals surface area contributed by atoms with Crippen LogP contribution in [0.1, 0.15) is 62.0 Å². The number of allylic oxidation sites excluding steroid dienone is 7. The molecule has 2 aromatic rings. The first-order chi connectivity index (χ1) is 20.1. The molecule has 0 N–H and O–H groups in total. The standard InChI is InChI=1S/C39H39NO/c1-30-26-35(23-24-36(32-18-10-5-11-19-32)31-16-8-3-2-4-9-17-31)40(29-30)38(41)27-37(33-20-12-6-13-21-33)39-25-15-7-14-22-34(39)28-39/h2-8,10-14,17-22,25,30,34-37H,23-24,26-29H2,1H3/b3-2-/t9?,16?,30-,34?,35+,36?,37?,39?/m1/s1. The van der Waals surface area contributed by atoms with Gasteiger partial charge in [0.15, 0.2) is 0 Å². The molecule has 4 unspecified atom stereocenters. The van der Waals surface area contributed by atoms with Gasteiger partial charge in [-0.25, -0.2) is 0 Å². The molecule has 1 saturated carbocycles. The first-order valence-electron chi connectivity index (χ1n) is 15.2. The molecule has 0 bridgehead atoms. The van der Waals surface area contributed by atoms with E-state index in [1.54, 1.807) is 0 Å². The van der Waals surface area contributed by atoms with E-state index >= 15 is 0 Å². The maximum Gasteiger partial charge on any atom is 0.223 e. The number of benzene rings is 2. The zero-order chi connectivity index (χ0) is 28.1. The number of carbonyl (C=O) groups is 1. The van der Waals surface area contributed by atoms with Gasteiger partial charge in [-0.2, -0.15) is 0 Å². The van der Waals surface area contributed by atoms with Crippen molar-refractivity contribution in [3.8, 4) is 0 Å². The summed E-state index contributed by atoms with van der Waals surface area (Å²) in [6.07, 6.45) is 23.3. The Hall–Kier alpha value is -4.05. The molecule has 6 atom stereocenters. The molecule has 2 aromatic carbocycles. The second kappa shape index (κ2) is 12.2. The Morgan fingerprint density at radius 3 is 2.49 bits per heavy atom. The molecular formula is C39H39NO. The van der Waals surface area contributed by atoms with Crippen molar-refractivity contribution in [1.29, 1.82) is 0 Å². The van der Waals surface area contributed by atoms with Crippen molar-refractivity contribution in [2.24, 2.45) is 17.3 Å². The lowest BCUT2D eigenvalue weighted by molar-refractivity contribution is -0.133. The maximum atomic E-state index is 14.2. The third kappa shape index (κ3) is 6.02. The van der Waals surface area contributed by atoms with Crippen LogP contribution in [0.3, 0.4) is 0 Å². The van der Waals surface area contributed by atoms with Crippen molar-refractivity contribution < 1.29 is 4.79 Å². The lowest BCUT2D eigenvalue weighted by atomic mass is 9.78. The summed E-state index contributed by atoms with van der Waals surface area (Å²) in [5, 5.41) is 0. The average molecular weight is 538 g/mol. The molecular weight excluding hydrogens is 498 g/mol. The SMILES string of the molecule is C[C@@H]1C[C@H](CCC(C2=C=C/C=C\C=C=C2)c2ccccc2)N(C(=O)CC(c2ccccc2)C23C=C=CC=CC2C3)C1. The van der Waals surface area contributed by atoms with Crippen molar-refractivity contribution in [3.05, 3.63) is 149 Å². The van der Waals surface area contributed by atoms with Crippen LogP contribution in [-0.2, 0) is 4.79 Å². The number of carbonyl (C=O) groups excluding carboxylic acids is 1. The third-order valence-corrected chi connectivity index (χ3v) is 9.42. The van der Waals surface area contributed by atoms with E-state index < -0.39 is 0 Å². The van der Waals surface area contributed by atoms with Crippen LogP contribution in [0, 0.1) is 17.3 Å². The minimum absolute atomic E-state index is 0.00886. The molecule has 6 rings (SSSR count). The summed E-state index contributed by atoms with van der Waals surface area (Å²) in [5.74, 6) is 1.67. The molecule has 4 aliphatic rings. The van der Waals surface area contributed by atoms with Crippen molar-refractivity contribution >= 4 is 5.91 Å². The van der Waals surface area contributed by atoms with Crippen molar-refractivity contribution in [2.75, 3.05) is 6.54 Å². The summed E-state index contributed by atoms with van der Waals surface area (Å²) in [4.78, 5) is 16.4. The highest BCUT2D eigenvalue weighted by atomic mass is 16.2. The average Bonchev–Trinajstić information content (AvgIpc) is 3.60. The van der Waals surface area contributed by atoms with Crippen molar-refractivity contribution in [1.82, 2.24) is 4.90 Å². The Balaban J connectivity index is 1.23. The first kappa shape index (κ1) is 27.1. The Morgan fingerprint density at radius 2 is 1.68 bits per heavy atom. The molecule has 3 aliphatic carbocycles. The molecule has 0 aromatic heterocycles. The fraction of sp³-hybridized carbons (Fsp3) is 0.333. The minimum Gasteiger partial charge on any atom is -0.339 e. The summed E-state index contributed by atoms with van der Waals surface area (Å²) >= 11 is 0. The fourth-order valence-electron chi connectivity index (χ4n) is 7.25. The number of likely N-dealkylation sites (tertiary alicyclic amines) is 1. The van der Waals surface area contributed by atoms with Gasteiger partial charge >= 0.3 is 0 Å². The summed E-state index contributed by atoms with van der Waals surface area (Å²) in [6.45, 7) is 3.14. The van der Waals surface area contributed by atoms with Crippen LogP contribution >= 0.6 is 0 Å². The molecule has 2 fully saturated rings. The zero-order valence-electron chi connectivity index (χ0n) is 24.0. The van der Waals surface area contributed by atoms with E-state index in [1.165, 1.54) is 11.1 Å². The van der Waals surface area contributed by atoms with Crippen LogP contribution in [0.5, 0.6) is 0 Å². The van der Waals surface area contributed by atoms with Gasteiger partial charge in [-0.05, 0) is 79.0 Å². The number of hydrogen-bond donors (Lipinski definition) is 0. The maximum absolute atomic E-state index is 14.2. The first-order valence-corrected chi connectivity index (χ1v) is 15.2. The van der Waals surface area contributed by atoms with E-state index in [0.717, 1.165) is 37.8 Å². The van der Waals surface area contributed by atoms with E-state index in [4.69, 9.17) is 0 Å². The van der Waals surface area contributed by atoms with Crippen LogP contribution < -0.4 is 0 Å². The van der Waals surface area contributed by atoms with Crippen LogP contribution in [0.25, 0.3) is 0 Å². The molecule has 1 amide bonds. The van der Waals surface area contributed by atoms with E-state index in [2.05, 4.69) is 114 Å². The highest BCUT2D eigenvalue weighted by Crippen LogP contribution is 2.64. The molecule has 2 nitrogen and oxygen atoms in total. The van der Waals surface area contributed by atoms with Gasteiger partial charge in [-0.1, -0.05) is 91.9 Å². The van der Waals surface area contributed by atoms with Gasteiger partial charge in [0.05, 0.1) is 0 Å². The van der Waals surface area contributed by atoms with Crippen LogP contribution in [0.15, 0.2) is 138 Å². The molecule has 1 aliphatic heterocycles. The lowest BCUT2D eigenvalue weighted by Gasteiger charge is -2.31. The predicted octanol–water partition coefficient (Wildman–Crippen LogP) is 8.61. The Kier molecular flexibility index (Phi) is 8.09. The predicted molar refractivity (Wildman–Crippen MR) is 167 cm³/mol. The van der Waals surface area contributed by atoms with Gasteiger partial charge in [-0.15, -0.1) is 17.2 Å². The minimum atomic E-state index is -0.00886. The molecule has 0 radical (unpaired) electrons. The summed E-state index contributed by atoms with van der Waals surface area (Å²) < 4.78 is 0. The number of amides is 1. The van der Waals surface area contributed by atoms with E-state index in [1.807, 2.05) is 30.4 Å². The van der Waals surface area contributed by atoms with Crippen LogP contribution in [0.4, 0.5) is 0 Å². The second-order valence-electron chi connectivity index (χ2n) is 12.2. The number of fused-ring (bicyclic) bond motifs is 1. The van der Waals surface area contributed by atoms with E-state index in [9.17, 15) is 4.79 Å². The highest BCUT2D eigenvalue weighted by molar-refractivity contribution is 5.78. The molecule has 1 heterocycles. The van der Waals surface area contributed by atoms with Crippen LogP contribution in [-0.4, -0.2) is 23.4 Å². The monoisotopic (exact) mass is 537 g/mol. The highest BCUT2D eigenvalue weighted by Gasteiger charge is 2.57. The summed E-state index contributed by atoms with van der Waals surface area (Å²) in [6, 6.07) is 21.7. The van der Waals surface area contributed by atoms with Crippen molar-refractivity contribution in [3.63, 3.8) is 0 Å². The summed E-state index contributed by atoms with van der Waals surface area (Å²) in [5.41, 5.74) is 13.9. The van der Waals surface area contributed by atoms with Gasteiger partial charge in [0.1, 0.15) is 0 Å². The normalized spacial score (nSPS) is 27.9. The number of hydrogen-bond acceptors (Lipinski definition) is 1. The number of nitrogens with zero attached hydrogens (tertiary/aromatic N) is 1. The smallest absolute Gasteiger partial charge is 0.223 e. The molecule has 2 heteroatoms. The topological polar surface area (TPSA) is 20.3 Å². The van der Waals surface area contributed by atoms with E-state index in [-0.39, 0.29) is 23.3 Å². The molecule has 0 spiro atoms. The Morgan fingerprint density at radius 1 is 0.951 bits per heavy atom. The Bertz CT molecular complexity index is 1510. The van der Waals surface area contributed by atoms with Crippen molar-refractivity contribution in [2.45, 2.75) is 56.9 Å². The van der Waals surface area contributed by atoms with Gasteiger partial charge in [0.25, 0.3) is 0 Å². The number of rotatable bonds is 9. The molecule has 206 valence electrons. The fourth-order valence-corrected chi connectivity index (χ4v) is 7.25. The zero-order valence-corrected chi connectivity index (χ0v) is 24.0. The third-order valence-electron chi connectivity index (χ3n) is 9.42. The largest absolute Gasteiger partial charge is 0.339 e. The molecule has 41 heavy (non-hydrogen) atoms. The molecule has 1 saturated heterocycles. The second-order valence-corrected chi connectivity index (χ2v) is 12.2. The van der Waals surface area contributed by atoms with Gasteiger partial charge in [0, 0.05) is 41.8 Å². The van der Waals surface area contributed by atoms with E-state index in [0.29, 0.717) is 24.2 Å². The summed E-state index contributed by atoms with van der Waals surface area (Å²) in [7, 11) is 0.